The molecule has 1 amide bonds. The Morgan fingerprint density at radius 2 is 1.77 bits per heavy atom. The molecule has 2 aromatic carbocycles. The predicted molar refractivity (Wildman–Crippen MR) is 119 cm³/mol. The van der Waals surface area contributed by atoms with Gasteiger partial charge in [-0.15, -0.1) is 11.3 Å². The van der Waals surface area contributed by atoms with E-state index in [0.29, 0.717) is 4.88 Å². The van der Waals surface area contributed by atoms with Crippen molar-refractivity contribution < 1.29 is 19.1 Å². The predicted octanol–water partition coefficient (Wildman–Crippen LogP) is 4.93. The second-order valence-electron chi connectivity index (χ2n) is 7.38. The number of ether oxygens (including phenoxy) is 2. The summed E-state index contributed by atoms with van der Waals surface area (Å²) in [4.78, 5) is 26.4. The molecule has 0 fully saturated rings. The summed E-state index contributed by atoms with van der Waals surface area (Å²) in [5, 5.41) is 2.83. The van der Waals surface area contributed by atoms with Crippen LogP contribution in [0.3, 0.4) is 0 Å². The van der Waals surface area contributed by atoms with Crippen LogP contribution in [0.5, 0.6) is 5.75 Å². The molecule has 1 N–H and O–H groups in total. The van der Waals surface area contributed by atoms with E-state index in [9.17, 15) is 9.59 Å². The van der Waals surface area contributed by atoms with Gasteiger partial charge in [-0.1, -0.05) is 18.2 Å². The highest BCUT2D eigenvalue weighted by atomic mass is 32.1. The Balaban J connectivity index is 1.44. The molecule has 0 saturated carbocycles. The van der Waals surface area contributed by atoms with Crippen LogP contribution in [0.4, 0.5) is 5.69 Å². The number of anilines is 1. The second kappa shape index (κ2) is 8.32. The summed E-state index contributed by atoms with van der Waals surface area (Å²) in [6.45, 7) is 3.54. The van der Waals surface area contributed by atoms with Crippen molar-refractivity contribution in [3.8, 4) is 16.2 Å². The minimum Gasteiger partial charge on any atom is -0.497 e. The zero-order valence-electron chi connectivity index (χ0n) is 17.2. The normalized spacial score (nSPS) is 12.0. The second-order valence-corrected chi connectivity index (χ2v) is 8.43. The molecular weight excluding hydrogens is 398 g/mol. The smallest absolute Gasteiger partial charge is 0.348 e. The van der Waals surface area contributed by atoms with Crippen LogP contribution in [0.2, 0.25) is 0 Å². The number of thiophene rings is 1. The van der Waals surface area contributed by atoms with E-state index in [1.807, 2.05) is 56.3 Å². The van der Waals surface area contributed by atoms with Crippen LogP contribution >= 0.6 is 11.3 Å². The lowest BCUT2D eigenvalue weighted by molar-refractivity contribution is -0.119. The first-order chi connectivity index (χ1) is 14.5. The van der Waals surface area contributed by atoms with Gasteiger partial charge < -0.3 is 14.8 Å². The molecule has 1 heterocycles. The monoisotopic (exact) mass is 421 g/mol. The van der Waals surface area contributed by atoms with Gasteiger partial charge in [0.15, 0.2) is 6.61 Å². The van der Waals surface area contributed by atoms with Gasteiger partial charge in [-0.2, -0.15) is 0 Å². The van der Waals surface area contributed by atoms with Crippen molar-refractivity contribution in [2.75, 3.05) is 19.0 Å². The Bertz CT molecular complexity index is 1110. The molecule has 0 radical (unpaired) electrons. The van der Waals surface area contributed by atoms with Gasteiger partial charge in [0, 0.05) is 10.6 Å². The molecule has 0 spiro atoms. The molecular formula is C24H23NO4S. The third kappa shape index (κ3) is 3.96. The lowest BCUT2D eigenvalue weighted by Gasteiger charge is -2.16. The van der Waals surface area contributed by atoms with Gasteiger partial charge in [-0.25, -0.2) is 4.79 Å². The molecule has 1 aliphatic carbocycles. The van der Waals surface area contributed by atoms with Crippen molar-refractivity contribution >= 4 is 28.9 Å². The van der Waals surface area contributed by atoms with Crippen molar-refractivity contribution in [2.24, 2.45) is 0 Å². The van der Waals surface area contributed by atoms with E-state index in [2.05, 4.69) is 5.32 Å². The minimum absolute atomic E-state index is 0.317. The van der Waals surface area contributed by atoms with Crippen LogP contribution in [0.25, 0.3) is 10.4 Å². The highest BCUT2D eigenvalue weighted by Crippen LogP contribution is 2.41. The number of nitrogens with one attached hydrogen (secondary N) is 1. The molecule has 4 rings (SSSR count). The van der Waals surface area contributed by atoms with Crippen LogP contribution in [0.1, 0.15) is 31.9 Å². The van der Waals surface area contributed by atoms with E-state index in [4.69, 9.17) is 9.47 Å². The number of aryl methyl sites for hydroxylation is 4. The number of rotatable bonds is 5. The lowest BCUT2D eigenvalue weighted by Crippen LogP contribution is -2.21. The number of amides is 1. The third-order valence-corrected chi connectivity index (χ3v) is 6.50. The minimum atomic E-state index is -0.471. The van der Waals surface area contributed by atoms with E-state index in [-0.39, 0.29) is 12.5 Å². The van der Waals surface area contributed by atoms with Crippen molar-refractivity contribution in [3.63, 3.8) is 0 Å². The fourth-order valence-electron chi connectivity index (χ4n) is 3.73. The summed E-state index contributed by atoms with van der Waals surface area (Å²) in [6, 6.07) is 13.7. The highest BCUT2D eigenvalue weighted by Gasteiger charge is 2.23. The first-order valence-electron chi connectivity index (χ1n) is 9.79. The van der Waals surface area contributed by atoms with Crippen molar-refractivity contribution in [1.29, 1.82) is 0 Å². The zero-order valence-corrected chi connectivity index (χ0v) is 18.0. The van der Waals surface area contributed by atoms with Crippen LogP contribution in [0.15, 0.2) is 42.5 Å². The van der Waals surface area contributed by atoms with Gasteiger partial charge >= 0.3 is 5.97 Å². The average Bonchev–Trinajstić information content (AvgIpc) is 3.19. The van der Waals surface area contributed by atoms with E-state index >= 15 is 0 Å². The van der Waals surface area contributed by atoms with E-state index in [1.54, 1.807) is 7.11 Å². The van der Waals surface area contributed by atoms with Crippen molar-refractivity contribution in [1.82, 2.24) is 0 Å². The molecule has 5 nitrogen and oxygen atoms in total. The number of carbonyl (C=O) groups excluding carboxylic acids is 2. The first kappa shape index (κ1) is 20.2. The van der Waals surface area contributed by atoms with Crippen LogP contribution < -0.4 is 10.1 Å². The van der Waals surface area contributed by atoms with Crippen LogP contribution in [-0.4, -0.2) is 25.6 Å². The molecule has 0 atom stereocenters. The molecule has 1 aromatic heterocycles. The lowest BCUT2D eigenvalue weighted by atomic mass is 9.91. The summed E-state index contributed by atoms with van der Waals surface area (Å²) in [5.41, 5.74) is 6.19. The Labute approximate surface area is 179 Å². The highest BCUT2D eigenvalue weighted by molar-refractivity contribution is 7.17. The molecule has 0 saturated heterocycles. The molecule has 6 heteroatoms. The number of fused-ring (bicyclic) bond motifs is 3. The van der Waals surface area contributed by atoms with Gasteiger partial charge in [0.05, 0.1) is 7.11 Å². The summed E-state index contributed by atoms with van der Waals surface area (Å²) in [7, 11) is 1.66. The zero-order chi connectivity index (χ0) is 21.3. The molecule has 0 unspecified atom stereocenters. The van der Waals surface area contributed by atoms with E-state index in [0.717, 1.165) is 51.4 Å². The van der Waals surface area contributed by atoms with Gasteiger partial charge in [0.25, 0.3) is 5.91 Å². The van der Waals surface area contributed by atoms with Gasteiger partial charge in [-0.3, -0.25) is 4.79 Å². The third-order valence-electron chi connectivity index (χ3n) is 5.31. The summed E-state index contributed by atoms with van der Waals surface area (Å²) in [5.74, 6) is 0.0175. The summed E-state index contributed by atoms with van der Waals surface area (Å²) < 4.78 is 10.6. The van der Waals surface area contributed by atoms with Crippen molar-refractivity contribution in [3.05, 3.63) is 69.6 Å². The van der Waals surface area contributed by atoms with Crippen LogP contribution in [0, 0.1) is 13.8 Å². The number of carbonyl (C=O) groups is 2. The molecule has 154 valence electrons. The number of esters is 1. The number of para-hydroxylation sites is 1. The first-order valence-corrected chi connectivity index (χ1v) is 10.6. The Hall–Kier alpha value is -3.12. The maximum absolute atomic E-state index is 12.6. The van der Waals surface area contributed by atoms with E-state index in [1.165, 1.54) is 16.9 Å². The molecule has 1 aliphatic rings. The maximum Gasteiger partial charge on any atom is 0.348 e. The van der Waals surface area contributed by atoms with Gasteiger partial charge in [0.1, 0.15) is 10.6 Å². The molecule has 30 heavy (non-hydrogen) atoms. The number of methoxy groups -OCH3 is 1. The Kier molecular flexibility index (Phi) is 5.59. The topological polar surface area (TPSA) is 64.6 Å². The fraction of sp³-hybridized carbons (Fsp3) is 0.250. The SMILES string of the molecule is COc1ccc2c(c1)CCc1cc(C(=O)OCC(=O)Nc3c(C)cccc3C)sc1-2. The van der Waals surface area contributed by atoms with Crippen LogP contribution in [-0.2, 0) is 22.4 Å². The Morgan fingerprint density at radius 1 is 1.03 bits per heavy atom. The average molecular weight is 422 g/mol. The number of hydrogen-bond acceptors (Lipinski definition) is 5. The summed E-state index contributed by atoms with van der Waals surface area (Å²) in [6.07, 6.45) is 1.77. The van der Waals surface area contributed by atoms with Gasteiger partial charge in [-0.05, 0) is 78.8 Å². The van der Waals surface area contributed by atoms with Crippen molar-refractivity contribution in [2.45, 2.75) is 26.7 Å². The molecule has 0 aliphatic heterocycles. The Morgan fingerprint density at radius 3 is 2.50 bits per heavy atom. The molecule has 3 aromatic rings. The quantitative estimate of drug-likeness (QED) is 0.593. The number of hydrogen-bond donors (Lipinski definition) is 1. The fourth-order valence-corrected chi connectivity index (χ4v) is 4.89. The summed E-state index contributed by atoms with van der Waals surface area (Å²) >= 11 is 1.41. The molecule has 0 bridgehead atoms. The van der Waals surface area contributed by atoms with E-state index < -0.39 is 5.97 Å². The van der Waals surface area contributed by atoms with Gasteiger partial charge in [0.2, 0.25) is 0 Å². The number of benzene rings is 2. The standard InChI is InChI=1S/C24H23NO4S/c1-14-5-4-6-15(2)22(14)25-21(26)13-29-24(27)20-12-17-8-7-16-11-18(28-3)9-10-19(16)23(17)30-20/h4-6,9-12H,7-8,13H2,1-3H3,(H,25,26). The largest absolute Gasteiger partial charge is 0.497 e. The maximum atomic E-state index is 12.6.